The number of hydrogen-bond donors (Lipinski definition) is 0. The molecule has 0 N–H and O–H groups in total. The summed E-state index contributed by atoms with van der Waals surface area (Å²) in [6.07, 6.45) is 0. The van der Waals surface area contributed by atoms with Crippen molar-refractivity contribution in [3.63, 3.8) is 0 Å². The van der Waals surface area contributed by atoms with Gasteiger partial charge < -0.3 is 0 Å². The summed E-state index contributed by atoms with van der Waals surface area (Å²) in [5.41, 5.74) is 6.51. The Morgan fingerprint density at radius 1 is 0.654 bits per heavy atom. The van der Waals surface area contributed by atoms with Gasteiger partial charge in [0.15, 0.2) is 9.92 Å². The summed E-state index contributed by atoms with van der Waals surface area (Å²) in [6, 6.07) is 23.1. The van der Waals surface area contributed by atoms with Crippen molar-refractivity contribution in [1.82, 2.24) is 18.8 Å². The minimum atomic E-state index is 0.947. The molecule has 3 aromatic carbocycles. The fraction of sp³-hybridized carbons (Fsp3) is 0. The largest absolute Gasteiger partial charge is 0.282 e. The van der Waals surface area contributed by atoms with Gasteiger partial charge in [0, 0.05) is 3.57 Å². The molecule has 6 heteroatoms. The molecule has 0 saturated carbocycles. The van der Waals surface area contributed by atoms with Crippen molar-refractivity contribution in [3.05, 3.63) is 70.3 Å². The minimum Gasteiger partial charge on any atom is -0.282 e. The second-order valence-corrected chi connectivity index (χ2v) is 8.35. The van der Waals surface area contributed by atoms with Gasteiger partial charge >= 0.3 is 0 Å². The number of para-hydroxylation sites is 4. The van der Waals surface area contributed by atoms with Crippen LogP contribution < -0.4 is 0 Å². The van der Waals surface area contributed by atoms with Crippen molar-refractivity contribution >= 4 is 76.9 Å². The minimum absolute atomic E-state index is 0.947. The van der Waals surface area contributed by atoms with Gasteiger partial charge in [-0.2, -0.15) is 0 Å². The van der Waals surface area contributed by atoms with E-state index in [0.717, 1.165) is 43.0 Å². The predicted molar refractivity (Wildman–Crippen MR) is 116 cm³/mol. The van der Waals surface area contributed by atoms with Crippen LogP contribution in [0, 0.1) is 3.57 Å². The summed E-state index contributed by atoms with van der Waals surface area (Å²) in [4.78, 5) is 11.6. The average Bonchev–Trinajstić information content (AvgIpc) is 3.16. The molecule has 0 amide bonds. The SMILES string of the molecule is Ic1ccc2c(c1)n1c(nc3ccccc31)sc1nc3ccccc3n12. The van der Waals surface area contributed by atoms with Gasteiger partial charge in [0.2, 0.25) is 0 Å². The third-order valence-corrected chi connectivity index (χ3v) is 6.25. The van der Waals surface area contributed by atoms with Gasteiger partial charge in [-0.15, -0.1) is 0 Å². The first-order valence-corrected chi connectivity index (χ1v) is 10.1. The maximum absolute atomic E-state index is 4.88. The van der Waals surface area contributed by atoms with E-state index in [1.165, 1.54) is 3.57 Å². The highest BCUT2D eigenvalue weighted by molar-refractivity contribution is 14.1. The monoisotopic (exact) mass is 466 g/mol. The standard InChI is InChI=1S/C20H11IN4S/c21-12-9-10-17-18(11-12)25-16-8-4-2-6-14(16)23-20(25)26-19-22-13-5-1-3-7-15(13)24(17)19/h1-11H. The summed E-state index contributed by atoms with van der Waals surface area (Å²) < 4.78 is 5.69. The fourth-order valence-corrected chi connectivity index (χ4v) is 5.06. The van der Waals surface area contributed by atoms with Crippen LogP contribution in [0.5, 0.6) is 0 Å². The highest BCUT2D eigenvalue weighted by Gasteiger charge is 2.13. The topological polar surface area (TPSA) is 34.6 Å². The van der Waals surface area contributed by atoms with E-state index in [9.17, 15) is 0 Å². The number of nitrogens with zero attached hydrogens (tertiary/aromatic N) is 4. The van der Waals surface area contributed by atoms with Crippen LogP contribution in [0.25, 0.3) is 43.0 Å². The summed E-state index contributed by atoms with van der Waals surface area (Å²) in [5, 5.41) is 0. The molecule has 0 bridgehead atoms. The highest BCUT2D eigenvalue weighted by atomic mass is 127. The Bertz CT molecular complexity index is 1510. The van der Waals surface area contributed by atoms with Crippen LogP contribution in [0.3, 0.4) is 0 Å². The molecule has 3 aromatic heterocycles. The molecule has 26 heavy (non-hydrogen) atoms. The smallest absolute Gasteiger partial charge is 0.198 e. The quantitative estimate of drug-likeness (QED) is 0.271. The second-order valence-electron chi connectivity index (χ2n) is 6.17. The number of benzene rings is 3. The van der Waals surface area contributed by atoms with Gasteiger partial charge in [-0.1, -0.05) is 35.6 Å². The van der Waals surface area contributed by atoms with Crippen LogP contribution in [0.1, 0.15) is 0 Å². The van der Waals surface area contributed by atoms with Gasteiger partial charge in [-0.05, 0) is 65.1 Å². The molecule has 0 spiro atoms. The van der Waals surface area contributed by atoms with Crippen LogP contribution in [0.15, 0.2) is 66.7 Å². The number of imidazole rings is 2. The lowest BCUT2D eigenvalue weighted by Gasteiger charge is -2.02. The Labute approximate surface area is 165 Å². The van der Waals surface area contributed by atoms with E-state index in [1.807, 2.05) is 12.1 Å². The Hall–Kier alpha value is -2.45. The van der Waals surface area contributed by atoms with Gasteiger partial charge in [-0.3, -0.25) is 8.80 Å². The number of aromatic nitrogens is 4. The van der Waals surface area contributed by atoms with Crippen molar-refractivity contribution in [3.8, 4) is 0 Å². The number of fused-ring (bicyclic) bond motifs is 9. The molecule has 0 saturated heterocycles. The van der Waals surface area contributed by atoms with E-state index in [4.69, 9.17) is 9.97 Å². The summed E-state index contributed by atoms with van der Waals surface area (Å²) in [5.74, 6) is 0. The van der Waals surface area contributed by atoms with Crippen LogP contribution in [-0.4, -0.2) is 18.8 Å². The molecule has 0 atom stereocenters. The lowest BCUT2D eigenvalue weighted by Crippen LogP contribution is -1.89. The van der Waals surface area contributed by atoms with Crippen LogP contribution in [-0.2, 0) is 0 Å². The first-order valence-electron chi connectivity index (χ1n) is 8.23. The van der Waals surface area contributed by atoms with E-state index in [1.54, 1.807) is 11.3 Å². The van der Waals surface area contributed by atoms with Crippen LogP contribution in [0.2, 0.25) is 0 Å². The molecule has 6 rings (SSSR count). The van der Waals surface area contributed by atoms with E-state index in [0.29, 0.717) is 0 Å². The summed E-state index contributed by atoms with van der Waals surface area (Å²) in [7, 11) is 0. The molecule has 3 heterocycles. The molecule has 0 unspecified atom stereocenters. The average molecular weight is 466 g/mol. The molecule has 4 nitrogen and oxygen atoms in total. The molecule has 0 fully saturated rings. The molecule has 0 radical (unpaired) electrons. The Balaban J connectivity index is 2.03. The Kier molecular flexibility index (Phi) is 2.98. The lowest BCUT2D eigenvalue weighted by molar-refractivity contribution is 1.29. The molecule has 0 aliphatic rings. The summed E-state index contributed by atoms with van der Waals surface area (Å²) >= 11 is 3.99. The van der Waals surface area contributed by atoms with Crippen LogP contribution >= 0.6 is 33.9 Å². The third-order valence-electron chi connectivity index (χ3n) is 4.66. The number of hydrogen-bond acceptors (Lipinski definition) is 3. The van der Waals surface area contributed by atoms with Gasteiger partial charge in [-0.25, -0.2) is 9.97 Å². The molecule has 0 aliphatic heterocycles. The number of halogens is 1. The van der Waals surface area contributed by atoms with E-state index in [-0.39, 0.29) is 0 Å². The molecule has 124 valence electrons. The van der Waals surface area contributed by atoms with E-state index < -0.39 is 0 Å². The molecular formula is C20H11IN4S. The Morgan fingerprint density at radius 3 is 1.88 bits per heavy atom. The molecule has 0 aliphatic carbocycles. The molecular weight excluding hydrogens is 455 g/mol. The van der Waals surface area contributed by atoms with Crippen molar-refractivity contribution in [2.24, 2.45) is 0 Å². The second kappa shape index (κ2) is 5.28. The van der Waals surface area contributed by atoms with Crippen molar-refractivity contribution in [2.75, 3.05) is 0 Å². The molecule has 6 aromatic rings. The number of rotatable bonds is 0. The zero-order chi connectivity index (χ0) is 17.3. The maximum atomic E-state index is 4.88. The van der Waals surface area contributed by atoms with Crippen molar-refractivity contribution < 1.29 is 0 Å². The summed E-state index contributed by atoms with van der Waals surface area (Å²) in [6.45, 7) is 0. The normalized spacial score (nSPS) is 12.0. The first-order chi connectivity index (χ1) is 12.8. The zero-order valence-corrected chi connectivity index (χ0v) is 16.4. The highest BCUT2D eigenvalue weighted by Crippen LogP contribution is 2.30. The maximum Gasteiger partial charge on any atom is 0.198 e. The van der Waals surface area contributed by atoms with Crippen molar-refractivity contribution in [2.45, 2.75) is 0 Å². The van der Waals surface area contributed by atoms with E-state index >= 15 is 0 Å². The predicted octanol–water partition coefficient (Wildman–Crippen LogP) is 5.67. The zero-order valence-electron chi connectivity index (χ0n) is 13.4. The van der Waals surface area contributed by atoms with Gasteiger partial charge in [0.1, 0.15) is 0 Å². The van der Waals surface area contributed by atoms with Gasteiger partial charge in [0.25, 0.3) is 0 Å². The van der Waals surface area contributed by atoms with Gasteiger partial charge in [0.05, 0.1) is 33.1 Å². The third kappa shape index (κ3) is 1.94. The van der Waals surface area contributed by atoms with E-state index in [2.05, 4.69) is 86.0 Å². The van der Waals surface area contributed by atoms with Crippen LogP contribution in [0.4, 0.5) is 0 Å². The lowest BCUT2D eigenvalue weighted by atomic mass is 10.2. The Morgan fingerprint density at radius 2 is 1.23 bits per heavy atom. The first kappa shape index (κ1) is 14.7. The van der Waals surface area contributed by atoms with Crippen molar-refractivity contribution in [1.29, 1.82) is 0 Å². The fourth-order valence-electron chi connectivity index (χ4n) is 3.56.